The van der Waals surface area contributed by atoms with Gasteiger partial charge in [-0.1, -0.05) is 0 Å². The molecule has 2 amide bonds. The summed E-state index contributed by atoms with van der Waals surface area (Å²) < 4.78 is 14.6. The van der Waals surface area contributed by atoms with E-state index < -0.39 is 0 Å². The number of hydrogen-bond donors (Lipinski definition) is 3. The van der Waals surface area contributed by atoms with E-state index in [-0.39, 0.29) is 11.8 Å². The minimum Gasteiger partial charge on any atom is -0.367 e. The predicted octanol–water partition coefficient (Wildman–Crippen LogP) is 2.96. The first-order chi connectivity index (χ1) is 13.4. The van der Waals surface area contributed by atoms with Crippen LogP contribution in [0.2, 0.25) is 0 Å². The maximum Gasteiger partial charge on any atom is 0.319 e. The van der Waals surface area contributed by atoms with Crippen molar-refractivity contribution in [1.29, 1.82) is 0 Å². The van der Waals surface area contributed by atoms with E-state index in [1.54, 1.807) is 4.68 Å². The second kappa shape index (κ2) is 8.47. The highest BCUT2D eigenvalue weighted by molar-refractivity contribution is 5.89. The van der Waals surface area contributed by atoms with Crippen molar-refractivity contribution in [3.8, 4) is 5.82 Å². The number of anilines is 2. The van der Waals surface area contributed by atoms with E-state index in [2.05, 4.69) is 31.2 Å². The summed E-state index contributed by atoms with van der Waals surface area (Å²) >= 11 is 0. The molecule has 0 unspecified atom stereocenters. The highest BCUT2D eigenvalue weighted by Crippen LogP contribution is 2.15. The number of carbonyl (C=O) groups excluding carboxylic acids is 1. The number of nitrogens with one attached hydrogen (secondary N) is 3. The number of rotatable bonds is 6. The van der Waals surface area contributed by atoms with E-state index in [0.717, 1.165) is 17.0 Å². The van der Waals surface area contributed by atoms with Gasteiger partial charge in [-0.05, 0) is 62.7 Å². The molecule has 8 nitrogen and oxygen atoms in total. The molecule has 0 saturated carbocycles. The van der Waals surface area contributed by atoms with Crippen molar-refractivity contribution in [2.24, 2.45) is 0 Å². The molecule has 0 aliphatic heterocycles. The number of hydrogen-bond acceptors (Lipinski definition) is 5. The molecule has 0 aliphatic carbocycles. The number of nitrogens with zero attached hydrogens (tertiary/aromatic N) is 4. The molecule has 0 aliphatic rings. The lowest BCUT2D eigenvalue weighted by atomic mass is 10.2. The molecule has 0 radical (unpaired) electrons. The van der Waals surface area contributed by atoms with Crippen molar-refractivity contribution >= 4 is 17.5 Å². The van der Waals surface area contributed by atoms with Crippen LogP contribution in [-0.2, 0) is 0 Å². The van der Waals surface area contributed by atoms with Crippen molar-refractivity contribution in [2.75, 3.05) is 23.7 Å². The Kier molecular flexibility index (Phi) is 5.83. The molecule has 3 N–H and O–H groups in total. The lowest BCUT2D eigenvalue weighted by molar-refractivity contribution is 0.252. The molecular weight excluding hydrogens is 361 g/mol. The van der Waals surface area contributed by atoms with Crippen LogP contribution in [0.1, 0.15) is 17.0 Å². The van der Waals surface area contributed by atoms with E-state index in [9.17, 15) is 9.18 Å². The SMILES string of the molecule is Cc1nn(-c2ccc(NCCNC(=O)Nc3ccc(F)cc3)nn2)c(C)c1C. The molecule has 0 bridgehead atoms. The van der Waals surface area contributed by atoms with Crippen molar-refractivity contribution in [3.63, 3.8) is 0 Å². The fourth-order valence-electron chi connectivity index (χ4n) is 2.55. The number of aryl methyl sites for hydroxylation is 1. The summed E-state index contributed by atoms with van der Waals surface area (Å²) in [7, 11) is 0. The average Bonchev–Trinajstić information content (AvgIpc) is 2.95. The van der Waals surface area contributed by atoms with Crippen LogP contribution in [0.4, 0.5) is 20.7 Å². The third-order valence-electron chi connectivity index (χ3n) is 4.34. The Morgan fingerprint density at radius 1 is 1.04 bits per heavy atom. The van der Waals surface area contributed by atoms with Crippen molar-refractivity contribution < 1.29 is 9.18 Å². The van der Waals surface area contributed by atoms with Crippen LogP contribution < -0.4 is 16.0 Å². The van der Waals surface area contributed by atoms with Gasteiger partial charge in [-0.3, -0.25) is 0 Å². The summed E-state index contributed by atoms with van der Waals surface area (Å²) in [4.78, 5) is 11.8. The molecule has 0 atom stereocenters. The van der Waals surface area contributed by atoms with Crippen LogP contribution in [0.5, 0.6) is 0 Å². The molecule has 9 heteroatoms. The summed E-state index contributed by atoms with van der Waals surface area (Å²) in [5.41, 5.74) is 3.65. The number of benzene rings is 1. The fourth-order valence-corrected chi connectivity index (χ4v) is 2.55. The maximum atomic E-state index is 12.8. The summed E-state index contributed by atoms with van der Waals surface area (Å²) in [6.45, 7) is 6.83. The number of halogens is 1. The summed E-state index contributed by atoms with van der Waals surface area (Å²) in [5.74, 6) is 0.897. The zero-order valence-electron chi connectivity index (χ0n) is 16.0. The van der Waals surface area contributed by atoms with Gasteiger partial charge in [-0.25, -0.2) is 13.9 Å². The van der Waals surface area contributed by atoms with Crippen molar-refractivity contribution in [3.05, 3.63) is 59.2 Å². The van der Waals surface area contributed by atoms with Crippen LogP contribution in [0.3, 0.4) is 0 Å². The molecule has 3 rings (SSSR count). The van der Waals surface area contributed by atoms with Gasteiger partial charge in [-0.2, -0.15) is 5.10 Å². The van der Waals surface area contributed by atoms with Gasteiger partial charge in [-0.15, -0.1) is 10.2 Å². The van der Waals surface area contributed by atoms with E-state index in [0.29, 0.717) is 30.4 Å². The van der Waals surface area contributed by atoms with E-state index in [1.807, 2.05) is 32.9 Å². The lowest BCUT2D eigenvalue weighted by Gasteiger charge is -2.09. The Morgan fingerprint density at radius 2 is 1.79 bits per heavy atom. The zero-order chi connectivity index (χ0) is 20.1. The summed E-state index contributed by atoms with van der Waals surface area (Å²) in [6.07, 6.45) is 0. The smallest absolute Gasteiger partial charge is 0.319 e. The Morgan fingerprint density at radius 3 is 2.39 bits per heavy atom. The number of aromatic nitrogens is 4. The van der Waals surface area contributed by atoms with Gasteiger partial charge in [0.05, 0.1) is 5.69 Å². The van der Waals surface area contributed by atoms with Crippen molar-refractivity contribution in [2.45, 2.75) is 20.8 Å². The third kappa shape index (κ3) is 4.61. The van der Waals surface area contributed by atoms with Crippen LogP contribution in [0.25, 0.3) is 5.82 Å². The average molecular weight is 383 g/mol. The molecule has 3 aromatic rings. The number of amides is 2. The van der Waals surface area contributed by atoms with Gasteiger partial charge in [0, 0.05) is 24.5 Å². The van der Waals surface area contributed by atoms with E-state index in [1.165, 1.54) is 24.3 Å². The van der Waals surface area contributed by atoms with Crippen LogP contribution in [0, 0.1) is 26.6 Å². The Hall–Kier alpha value is -3.49. The first-order valence-corrected chi connectivity index (χ1v) is 8.85. The highest BCUT2D eigenvalue weighted by atomic mass is 19.1. The monoisotopic (exact) mass is 383 g/mol. The molecule has 2 aromatic heterocycles. The van der Waals surface area contributed by atoms with Crippen molar-refractivity contribution in [1.82, 2.24) is 25.3 Å². The minimum atomic E-state index is -0.366. The molecule has 28 heavy (non-hydrogen) atoms. The van der Waals surface area contributed by atoms with Gasteiger partial charge < -0.3 is 16.0 Å². The fraction of sp³-hybridized carbons (Fsp3) is 0.263. The summed E-state index contributed by atoms with van der Waals surface area (Å²) in [5, 5.41) is 21.2. The normalized spacial score (nSPS) is 10.6. The zero-order valence-corrected chi connectivity index (χ0v) is 16.0. The minimum absolute atomic E-state index is 0.352. The molecule has 0 saturated heterocycles. The lowest BCUT2D eigenvalue weighted by Crippen LogP contribution is -2.32. The van der Waals surface area contributed by atoms with Gasteiger partial charge in [0.15, 0.2) is 5.82 Å². The molecular formula is C19H22FN7O. The molecule has 0 spiro atoms. The highest BCUT2D eigenvalue weighted by Gasteiger charge is 2.10. The quantitative estimate of drug-likeness (QED) is 0.569. The van der Waals surface area contributed by atoms with Crippen LogP contribution in [0.15, 0.2) is 36.4 Å². The molecule has 146 valence electrons. The maximum absolute atomic E-state index is 12.8. The first-order valence-electron chi connectivity index (χ1n) is 8.85. The Labute approximate surface area is 162 Å². The third-order valence-corrected chi connectivity index (χ3v) is 4.34. The standard InChI is InChI=1S/C19H22FN7O/c1-12-13(2)26-27(14(12)3)18-9-8-17(24-25-18)21-10-11-22-19(28)23-16-6-4-15(20)5-7-16/h4-9H,10-11H2,1-3H3,(H,21,24)(H2,22,23,28). The second-order valence-electron chi connectivity index (χ2n) is 6.30. The topological polar surface area (TPSA) is 96.8 Å². The summed E-state index contributed by atoms with van der Waals surface area (Å²) in [6, 6.07) is 8.84. The van der Waals surface area contributed by atoms with Gasteiger partial charge in [0.2, 0.25) is 0 Å². The van der Waals surface area contributed by atoms with Gasteiger partial charge >= 0.3 is 6.03 Å². The Bertz CT molecular complexity index is 952. The molecule has 0 fully saturated rings. The molecule has 1 aromatic carbocycles. The number of carbonyl (C=O) groups is 1. The second-order valence-corrected chi connectivity index (χ2v) is 6.30. The molecule has 2 heterocycles. The number of urea groups is 1. The van der Waals surface area contributed by atoms with Crippen LogP contribution >= 0.6 is 0 Å². The Balaban J connectivity index is 1.45. The van der Waals surface area contributed by atoms with Crippen LogP contribution in [-0.4, -0.2) is 39.1 Å². The van der Waals surface area contributed by atoms with Gasteiger partial charge in [0.25, 0.3) is 0 Å². The largest absolute Gasteiger partial charge is 0.367 e. The van der Waals surface area contributed by atoms with E-state index in [4.69, 9.17) is 0 Å². The van der Waals surface area contributed by atoms with Gasteiger partial charge in [0.1, 0.15) is 11.6 Å². The predicted molar refractivity (Wildman–Crippen MR) is 105 cm³/mol. The first kappa shape index (κ1) is 19.3. The van der Waals surface area contributed by atoms with E-state index >= 15 is 0 Å².